The zero-order valence-electron chi connectivity index (χ0n) is 10.1. The van der Waals surface area contributed by atoms with Gasteiger partial charge in [-0.1, -0.05) is 26.0 Å². The highest BCUT2D eigenvalue weighted by atomic mass is 19.1. The third-order valence-electron chi connectivity index (χ3n) is 3.27. The van der Waals surface area contributed by atoms with E-state index in [2.05, 4.69) is 0 Å². The van der Waals surface area contributed by atoms with Crippen molar-refractivity contribution in [1.82, 2.24) is 0 Å². The van der Waals surface area contributed by atoms with Crippen molar-refractivity contribution < 1.29 is 14.2 Å². The van der Waals surface area contributed by atoms with E-state index in [9.17, 15) is 9.50 Å². The molecule has 2 nitrogen and oxygen atoms in total. The molecule has 1 unspecified atom stereocenters. The lowest BCUT2D eigenvalue weighted by Crippen LogP contribution is -2.35. The van der Waals surface area contributed by atoms with Crippen LogP contribution in [-0.4, -0.2) is 17.8 Å². The van der Waals surface area contributed by atoms with E-state index in [1.54, 1.807) is 12.1 Å². The minimum atomic E-state index is -0.699. The molecule has 1 aliphatic heterocycles. The molecule has 0 saturated carbocycles. The largest absolute Gasteiger partial charge is 0.495 e. The molecule has 0 aliphatic carbocycles. The lowest BCUT2D eigenvalue weighted by atomic mass is 9.78. The van der Waals surface area contributed by atoms with Crippen molar-refractivity contribution in [3.63, 3.8) is 0 Å². The molecule has 0 bridgehead atoms. The Balaban J connectivity index is 2.25. The van der Waals surface area contributed by atoms with Crippen LogP contribution in [0.4, 0.5) is 4.39 Å². The molecule has 17 heavy (non-hydrogen) atoms. The lowest BCUT2D eigenvalue weighted by molar-refractivity contribution is 0.0684. The van der Waals surface area contributed by atoms with Crippen LogP contribution < -0.4 is 0 Å². The number of aliphatic hydroxyl groups excluding tert-OH is 1. The van der Waals surface area contributed by atoms with Gasteiger partial charge in [-0.3, -0.25) is 0 Å². The van der Waals surface area contributed by atoms with E-state index in [1.165, 1.54) is 12.1 Å². The Morgan fingerprint density at radius 1 is 1.29 bits per heavy atom. The third kappa shape index (κ3) is 2.34. The second-order valence-corrected chi connectivity index (χ2v) is 4.87. The summed E-state index contributed by atoms with van der Waals surface area (Å²) < 4.78 is 18.3. The van der Waals surface area contributed by atoms with Gasteiger partial charge in [0.15, 0.2) is 0 Å². The highest BCUT2D eigenvalue weighted by Gasteiger charge is 2.34. The maximum Gasteiger partial charge on any atom is 0.123 e. The summed E-state index contributed by atoms with van der Waals surface area (Å²) in [5, 5.41) is 10.3. The summed E-state index contributed by atoms with van der Waals surface area (Å²) in [4.78, 5) is 0. The second kappa shape index (κ2) is 4.49. The van der Waals surface area contributed by atoms with E-state index in [-0.39, 0.29) is 5.82 Å². The van der Waals surface area contributed by atoms with E-state index < -0.39 is 11.5 Å². The van der Waals surface area contributed by atoms with Crippen molar-refractivity contribution in [3.05, 3.63) is 47.5 Å². The van der Waals surface area contributed by atoms with Gasteiger partial charge in [0, 0.05) is 11.8 Å². The molecular formula is C14H17FO2. The smallest absolute Gasteiger partial charge is 0.123 e. The van der Waals surface area contributed by atoms with Gasteiger partial charge >= 0.3 is 0 Å². The van der Waals surface area contributed by atoms with Crippen molar-refractivity contribution in [2.75, 3.05) is 6.61 Å². The minimum absolute atomic E-state index is 0.268. The Morgan fingerprint density at radius 3 is 2.47 bits per heavy atom. The number of hydrogen-bond donors (Lipinski definition) is 1. The summed E-state index contributed by atoms with van der Waals surface area (Å²) in [6.45, 7) is 4.48. The Hall–Kier alpha value is -1.35. The van der Waals surface area contributed by atoms with E-state index >= 15 is 0 Å². The number of benzene rings is 1. The van der Waals surface area contributed by atoms with Gasteiger partial charge in [0.05, 0.1) is 6.61 Å². The molecular weight excluding hydrogens is 219 g/mol. The van der Waals surface area contributed by atoms with Gasteiger partial charge in [-0.15, -0.1) is 0 Å². The van der Waals surface area contributed by atoms with Crippen LogP contribution in [0.5, 0.6) is 0 Å². The van der Waals surface area contributed by atoms with E-state index in [0.29, 0.717) is 12.4 Å². The summed E-state index contributed by atoms with van der Waals surface area (Å²) in [5.41, 5.74) is 0.395. The maximum atomic E-state index is 12.9. The number of rotatable bonds is 3. The van der Waals surface area contributed by atoms with Gasteiger partial charge in [0.25, 0.3) is 0 Å². The fraction of sp³-hybridized carbons (Fsp3) is 0.429. The van der Waals surface area contributed by atoms with E-state index in [1.807, 2.05) is 19.9 Å². The van der Waals surface area contributed by atoms with Crippen LogP contribution >= 0.6 is 0 Å². The van der Waals surface area contributed by atoms with Gasteiger partial charge in [0.1, 0.15) is 17.7 Å². The molecule has 1 aliphatic rings. The SMILES string of the molecule is CC(C)(c1ccc(F)cc1)C(O)C1=CCCO1. The molecule has 92 valence electrons. The zero-order chi connectivity index (χ0) is 12.5. The summed E-state index contributed by atoms with van der Waals surface area (Å²) >= 11 is 0. The predicted molar refractivity (Wildman–Crippen MR) is 64.1 cm³/mol. The van der Waals surface area contributed by atoms with Crippen molar-refractivity contribution >= 4 is 0 Å². The van der Waals surface area contributed by atoms with Crippen LogP contribution in [0.1, 0.15) is 25.8 Å². The first-order chi connectivity index (χ1) is 8.01. The fourth-order valence-corrected chi connectivity index (χ4v) is 2.02. The van der Waals surface area contributed by atoms with Crippen molar-refractivity contribution in [3.8, 4) is 0 Å². The molecule has 1 N–H and O–H groups in total. The minimum Gasteiger partial charge on any atom is -0.495 e. The highest BCUT2D eigenvalue weighted by Crippen LogP contribution is 2.32. The zero-order valence-corrected chi connectivity index (χ0v) is 10.1. The molecule has 1 aromatic carbocycles. The first-order valence-electron chi connectivity index (χ1n) is 5.79. The van der Waals surface area contributed by atoms with E-state index in [4.69, 9.17) is 4.74 Å². The van der Waals surface area contributed by atoms with Gasteiger partial charge in [0.2, 0.25) is 0 Å². The van der Waals surface area contributed by atoms with E-state index in [0.717, 1.165) is 12.0 Å². The molecule has 0 saturated heterocycles. The average molecular weight is 236 g/mol. The summed E-state index contributed by atoms with van der Waals surface area (Å²) in [7, 11) is 0. The van der Waals surface area contributed by atoms with Gasteiger partial charge in [-0.25, -0.2) is 4.39 Å². The topological polar surface area (TPSA) is 29.5 Å². The standard InChI is InChI=1S/C14H17FO2/c1-14(2,10-5-7-11(15)8-6-10)13(16)12-4-3-9-17-12/h4-8,13,16H,3,9H2,1-2H3. The van der Waals surface area contributed by atoms with Crippen LogP contribution in [0, 0.1) is 5.82 Å². The van der Waals surface area contributed by atoms with Crippen LogP contribution in [-0.2, 0) is 10.2 Å². The average Bonchev–Trinajstić information content (AvgIpc) is 2.82. The Kier molecular flexibility index (Phi) is 3.20. The maximum absolute atomic E-state index is 12.9. The summed E-state index contributed by atoms with van der Waals surface area (Å²) in [6, 6.07) is 6.23. The molecule has 1 atom stereocenters. The normalized spacial score (nSPS) is 17.5. The quantitative estimate of drug-likeness (QED) is 0.874. The van der Waals surface area contributed by atoms with Gasteiger partial charge in [-0.05, 0) is 23.8 Å². The molecule has 0 fully saturated rings. The van der Waals surface area contributed by atoms with Crippen LogP contribution in [0.15, 0.2) is 36.1 Å². The fourth-order valence-electron chi connectivity index (χ4n) is 2.02. The van der Waals surface area contributed by atoms with Crippen LogP contribution in [0.2, 0.25) is 0 Å². The van der Waals surface area contributed by atoms with Crippen LogP contribution in [0.3, 0.4) is 0 Å². The Morgan fingerprint density at radius 2 is 1.94 bits per heavy atom. The monoisotopic (exact) mass is 236 g/mol. The molecule has 1 heterocycles. The lowest BCUT2D eigenvalue weighted by Gasteiger charge is -2.31. The molecule has 0 amide bonds. The molecule has 1 aromatic rings. The van der Waals surface area contributed by atoms with Crippen LogP contribution in [0.25, 0.3) is 0 Å². The summed E-state index contributed by atoms with van der Waals surface area (Å²) in [5.74, 6) is 0.356. The number of hydrogen-bond acceptors (Lipinski definition) is 2. The third-order valence-corrected chi connectivity index (χ3v) is 3.27. The molecule has 0 aromatic heterocycles. The van der Waals surface area contributed by atoms with Gasteiger partial charge in [-0.2, -0.15) is 0 Å². The molecule has 0 spiro atoms. The second-order valence-electron chi connectivity index (χ2n) is 4.87. The molecule has 2 rings (SSSR count). The van der Waals surface area contributed by atoms with Crippen molar-refractivity contribution in [2.45, 2.75) is 31.8 Å². The highest BCUT2D eigenvalue weighted by molar-refractivity contribution is 5.29. The van der Waals surface area contributed by atoms with Crippen molar-refractivity contribution in [1.29, 1.82) is 0 Å². The number of ether oxygens (including phenoxy) is 1. The Labute approximate surface area is 101 Å². The predicted octanol–water partition coefficient (Wildman–Crippen LogP) is 2.77. The molecule has 3 heteroatoms. The first-order valence-corrected chi connectivity index (χ1v) is 5.79. The summed E-state index contributed by atoms with van der Waals surface area (Å²) in [6.07, 6.45) is 2.05. The number of aliphatic hydroxyl groups is 1. The Bertz CT molecular complexity index is 420. The molecule has 0 radical (unpaired) electrons. The number of halogens is 1. The first kappa shape index (κ1) is 12.1. The van der Waals surface area contributed by atoms with Gasteiger partial charge < -0.3 is 9.84 Å². The van der Waals surface area contributed by atoms with Crippen molar-refractivity contribution in [2.24, 2.45) is 0 Å².